The van der Waals surface area contributed by atoms with Gasteiger partial charge in [-0.25, -0.2) is 4.98 Å². The topological polar surface area (TPSA) is 59.1 Å². The monoisotopic (exact) mass is 360 g/mol. The molecular weight excluding hydrogens is 347 g/mol. The number of benzene rings is 2. The zero-order valence-corrected chi connectivity index (χ0v) is 14.3. The van der Waals surface area contributed by atoms with Gasteiger partial charge in [-0.05, 0) is 36.4 Å². The Kier molecular flexibility index (Phi) is 5.03. The van der Waals surface area contributed by atoms with Crippen LogP contribution in [0.25, 0.3) is 0 Å². The zero-order chi connectivity index (χ0) is 16.9. The third-order valence-electron chi connectivity index (χ3n) is 3.12. The molecule has 0 atom stereocenters. The molecule has 1 heterocycles. The van der Waals surface area contributed by atoms with Crippen molar-refractivity contribution in [2.75, 3.05) is 17.7 Å². The highest BCUT2D eigenvalue weighted by molar-refractivity contribution is 6.35. The Morgan fingerprint density at radius 3 is 2.46 bits per heavy atom. The summed E-state index contributed by atoms with van der Waals surface area (Å²) in [5, 5.41) is 7.38. The third kappa shape index (κ3) is 4.28. The summed E-state index contributed by atoms with van der Waals surface area (Å²) in [5.41, 5.74) is 1.58. The molecule has 2 aromatic carbocycles. The second-order valence-corrected chi connectivity index (χ2v) is 5.78. The molecule has 1 aromatic heterocycles. The van der Waals surface area contributed by atoms with Gasteiger partial charge in [0, 0.05) is 33.7 Å². The molecule has 3 aromatic rings. The Hall–Kier alpha value is -2.50. The van der Waals surface area contributed by atoms with E-state index in [1.165, 1.54) is 0 Å². The fourth-order valence-electron chi connectivity index (χ4n) is 2.09. The molecule has 0 amide bonds. The van der Waals surface area contributed by atoms with Gasteiger partial charge < -0.3 is 15.4 Å². The Balaban J connectivity index is 1.78. The van der Waals surface area contributed by atoms with Crippen LogP contribution in [0.3, 0.4) is 0 Å². The molecule has 0 radical (unpaired) electrons. The van der Waals surface area contributed by atoms with Gasteiger partial charge >= 0.3 is 0 Å². The average Bonchev–Trinajstić information content (AvgIpc) is 2.54. The van der Waals surface area contributed by atoms with Crippen molar-refractivity contribution in [1.82, 2.24) is 9.97 Å². The quantitative estimate of drug-likeness (QED) is 0.648. The molecule has 2 N–H and O–H groups in total. The highest BCUT2D eigenvalue weighted by atomic mass is 35.5. The first-order chi connectivity index (χ1) is 11.6. The number of nitrogens with one attached hydrogen (secondary N) is 2. The van der Waals surface area contributed by atoms with Crippen molar-refractivity contribution < 1.29 is 4.74 Å². The van der Waals surface area contributed by atoms with Crippen LogP contribution in [-0.2, 0) is 0 Å². The van der Waals surface area contributed by atoms with Crippen molar-refractivity contribution in [3.05, 3.63) is 64.8 Å². The van der Waals surface area contributed by atoms with Crippen LogP contribution in [0.15, 0.2) is 54.7 Å². The van der Waals surface area contributed by atoms with E-state index in [9.17, 15) is 0 Å². The fraction of sp³-hybridized carbons (Fsp3) is 0.0588. The second-order valence-electron chi connectivity index (χ2n) is 4.91. The van der Waals surface area contributed by atoms with Gasteiger partial charge in [0.05, 0.1) is 7.11 Å². The van der Waals surface area contributed by atoms with E-state index in [4.69, 9.17) is 27.9 Å². The molecule has 0 aliphatic carbocycles. The van der Waals surface area contributed by atoms with Crippen LogP contribution in [0.2, 0.25) is 10.0 Å². The van der Waals surface area contributed by atoms with E-state index in [-0.39, 0.29) is 0 Å². The lowest BCUT2D eigenvalue weighted by molar-refractivity contribution is 0.415. The maximum atomic E-state index is 6.00. The lowest BCUT2D eigenvalue weighted by Gasteiger charge is -2.10. The number of rotatable bonds is 5. The number of methoxy groups -OCH3 is 1. The molecule has 0 spiro atoms. The Labute approximate surface area is 149 Å². The van der Waals surface area contributed by atoms with Gasteiger partial charge in [0.2, 0.25) is 5.95 Å². The van der Waals surface area contributed by atoms with E-state index < -0.39 is 0 Å². The van der Waals surface area contributed by atoms with E-state index in [1.54, 1.807) is 37.6 Å². The summed E-state index contributed by atoms with van der Waals surface area (Å²) >= 11 is 12.0. The molecule has 0 aliphatic rings. The van der Waals surface area contributed by atoms with Crippen molar-refractivity contribution in [1.29, 1.82) is 0 Å². The van der Waals surface area contributed by atoms with E-state index in [2.05, 4.69) is 20.6 Å². The standard InChI is InChI=1S/C17H14Cl2N4O/c1-24-15-4-2-3-13(10-15)22-17-20-6-5-16(23-17)21-14-8-11(18)7-12(19)9-14/h2-10H,1H3,(H2,20,21,22,23). The summed E-state index contributed by atoms with van der Waals surface area (Å²) in [5.74, 6) is 1.83. The zero-order valence-electron chi connectivity index (χ0n) is 12.8. The smallest absolute Gasteiger partial charge is 0.229 e. The Bertz CT molecular complexity index is 837. The van der Waals surface area contributed by atoms with Crippen LogP contribution in [0.5, 0.6) is 5.75 Å². The van der Waals surface area contributed by atoms with Gasteiger partial charge in [-0.1, -0.05) is 29.3 Å². The van der Waals surface area contributed by atoms with Gasteiger partial charge in [0.25, 0.3) is 0 Å². The van der Waals surface area contributed by atoms with Crippen molar-refractivity contribution >= 4 is 46.3 Å². The van der Waals surface area contributed by atoms with Gasteiger partial charge in [-0.2, -0.15) is 4.98 Å². The molecule has 24 heavy (non-hydrogen) atoms. The van der Waals surface area contributed by atoms with Crippen molar-refractivity contribution in [2.45, 2.75) is 0 Å². The normalized spacial score (nSPS) is 10.3. The van der Waals surface area contributed by atoms with Gasteiger partial charge in [0.15, 0.2) is 0 Å². The van der Waals surface area contributed by atoms with Gasteiger partial charge in [-0.15, -0.1) is 0 Å². The Morgan fingerprint density at radius 1 is 0.917 bits per heavy atom. The molecule has 0 fully saturated rings. The predicted molar refractivity (Wildman–Crippen MR) is 98.1 cm³/mol. The number of ether oxygens (including phenoxy) is 1. The minimum absolute atomic E-state index is 0.460. The summed E-state index contributed by atoms with van der Waals surface area (Å²) < 4.78 is 5.20. The minimum atomic E-state index is 0.460. The maximum absolute atomic E-state index is 6.00. The van der Waals surface area contributed by atoms with Gasteiger partial charge in [0.1, 0.15) is 11.6 Å². The molecule has 3 rings (SSSR count). The summed E-state index contributed by atoms with van der Waals surface area (Å²) in [7, 11) is 1.62. The maximum Gasteiger partial charge on any atom is 0.229 e. The highest BCUT2D eigenvalue weighted by Gasteiger charge is 2.03. The van der Waals surface area contributed by atoms with Crippen LogP contribution in [-0.4, -0.2) is 17.1 Å². The van der Waals surface area contributed by atoms with E-state index in [1.807, 2.05) is 24.3 Å². The molecule has 5 nitrogen and oxygen atoms in total. The first-order valence-corrected chi connectivity index (χ1v) is 7.85. The summed E-state index contributed by atoms with van der Waals surface area (Å²) in [6.45, 7) is 0. The lowest BCUT2D eigenvalue weighted by atomic mass is 10.3. The number of nitrogens with zero attached hydrogens (tertiary/aromatic N) is 2. The van der Waals surface area contributed by atoms with Crippen molar-refractivity contribution in [3.63, 3.8) is 0 Å². The van der Waals surface area contributed by atoms with Gasteiger partial charge in [-0.3, -0.25) is 0 Å². The molecule has 122 valence electrons. The van der Waals surface area contributed by atoms with Crippen LogP contribution in [0, 0.1) is 0 Å². The lowest BCUT2D eigenvalue weighted by Crippen LogP contribution is -2.00. The Morgan fingerprint density at radius 2 is 1.71 bits per heavy atom. The number of hydrogen-bond donors (Lipinski definition) is 2. The van der Waals surface area contributed by atoms with Crippen LogP contribution >= 0.6 is 23.2 Å². The minimum Gasteiger partial charge on any atom is -0.497 e. The number of aromatic nitrogens is 2. The number of hydrogen-bond acceptors (Lipinski definition) is 5. The molecular formula is C17H14Cl2N4O. The van der Waals surface area contributed by atoms with Crippen molar-refractivity contribution in [3.8, 4) is 5.75 Å². The average molecular weight is 361 g/mol. The molecule has 0 aliphatic heterocycles. The van der Waals surface area contributed by atoms with E-state index in [0.29, 0.717) is 21.8 Å². The summed E-state index contributed by atoms with van der Waals surface area (Å²) in [4.78, 5) is 8.63. The molecule has 0 saturated heterocycles. The van der Waals surface area contributed by atoms with E-state index in [0.717, 1.165) is 17.1 Å². The first-order valence-electron chi connectivity index (χ1n) is 7.09. The SMILES string of the molecule is COc1cccc(Nc2nccc(Nc3cc(Cl)cc(Cl)c3)n2)c1. The molecule has 0 saturated carbocycles. The number of halogens is 2. The molecule has 7 heteroatoms. The summed E-state index contributed by atoms with van der Waals surface area (Å²) in [6.07, 6.45) is 1.66. The van der Waals surface area contributed by atoms with Crippen molar-refractivity contribution in [2.24, 2.45) is 0 Å². The van der Waals surface area contributed by atoms with Crippen LogP contribution in [0.1, 0.15) is 0 Å². The molecule has 0 bridgehead atoms. The predicted octanol–water partition coefficient (Wildman–Crippen LogP) is 5.28. The summed E-state index contributed by atoms with van der Waals surface area (Å²) in [6, 6.07) is 14.5. The van der Waals surface area contributed by atoms with E-state index >= 15 is 0 Å². The second kappa shape index (κ2) is 7.38. The highest BCUT2D eigenvalue weighted by Crippen LogP contribution is 2.25. The number of anilines is 4. The fourth-order valence-corrected chi connectivity index (χ4v) is 2.62. The van der Waals surface area contributed by atoms with Crippen LogP contribution in [0.4, 0.5) is 23.1 Å². The third-order valence-corrected chi connectivity index (χ3v) is 3.55. The first kappa shape index (κ1) is 16.4. The molecule has 0 unspecified atom stereocenters. The van der Waals surface area contributed by atoms with Crippen LogP contribution < -0.4 is 15.4 Å². The largest absolute Gasteiger partial charge is 0.497 e.